The minimum atomic E-state index is -4.94. The van der Waals surface area contributed by atoms with E-state index in [2.05, 4.69) is 50.8 Å². The molecule has 2 N–H and O–H groups in total. The van der Waals surface area contributed by atoms with Crippen LogP contribution >= 0.6 is 0 Å². The Hall–Kier alpha value is -4.12. The van der Waals surface area contributed by atoms with Crippen molar-refractivity contribution in [3.8, 4) is 18.4 Å². The summed E-state index contributed by atoms with van der Waals surface area (Å²) < 4.78 is 36.2. The Morgan fingerprint density at radius 2 is 1.81 bits per heavy atom. The molecule has 1 fully saturated rings. The maximum Gasteiger partial charge on any atom is 0.471 e. The van der Waals surface area contributed by atoms with E-state index in [4.69, 9.17) is 11.7 Å². The van der Waals surface area contributed by atoms with E-state index in [-0.39, 0.29) is 5.41 Å². The monoisotopic (exact) mass is 601 g/mol. The second kappa shape index (κ2) is 17.7. The molecule has 11 heteroatoms. The summed E-state index contributed by atoms with van der Waals surface area (Å²) in [5.41, 5.74) is 1.38. The predicted octanol–water partition coefficient (Wildman–Crippen LogP) is 5.67. The normalized spacial score (nSPS) is 14.3. The Balaban J connectivity index is 0.000000385. The van der Waals surface area contributed by atoms with Crippen LogP contribution in [-0.4, -0.2) is 53.9 Å². The highest BCUT2D eigenvalue weighted by atomic mass is 19.4. The number of terminal acetylenes is 1. The number of carbonyl (C=O) groups is 3. The van der Waals surface area contributed by atoms with Crippen LogP contribution in [0.2, 0.25) is 0 Å². The van der Waals surface area contributed by atoms with E-state index in [0.717, 1.165) is 48.8 Å². The van der Waals surface area contributed by atoms with E-state index in [0.29, 0.717) is 30.6 Å². The lowest BCUT2D eigenvalue weighted by molar-refractivity contribution is -0.174. The molecule has 1 aliphatic heterocycles. The first-order chi connectivity index (χ1) is 20.3. The minimum Gasteiger partial charge on any atom is -0.341 e. The summed E-state index contributed by atoms with van der Waals surface area (Å²) in [5, 5.41) is 14.8. The first-order valence-corrected chi connectivity index (χ1v) is 14.3. The van der Waals surface area contributed by atoms with Gasteiger partial charge in [-0.2, -0.15) is 18.4 Å². The maximum absolute atomic E-state index is 12.1. The minimum absolute atomic E-state index is 0.0905. The van der Waals surface area contributed by atoms with Crippen molar-refractivity contribution in [2.75, 3.05) is 19.6 Å². The zero-order valence-electron chi connectivity index (χ0n) is 25.6. The first-order valence-electron chi connectivity index (χ1n) is 14.3. The van der Waals surface area contributed by atoms with Gasteiger partial charge in [0, 0.05) is 47.4 Å². The highest BCUT2D eigenvalue weighted by Gasteiger charge is 2.41. The topological polar surface area (TPSA) is 115 Å². The Bertz CT molecular complexity index is 1280. The molecule has 2 heterocycles. The van der Waals surface area contributed by atoms with Crippen molar-refractivity contribution < 1.29 is 27.6 Å². The van der Waals surface area contributed by atoms with Crippen molar-refractivity contribution in [1.29, 1.82) is 5.26 Å². The number of halogens is 3. The van der Waals surface area contributed by atoms with Crippen LogP contribution in [0.3, 0.4) is 0 Å². The third-order valence-electron chi connectivity index (χ3n) is 6.65. The van der Waals surface area contributed by atoms with Gasteiger partial charge in [-0.15, -0.1) is 6.42 Å². The van der Waals surface area contributed by atoms with Crippen molar-refractivity contribution >= 4 is 29.0 Å². The van der Waals surface area contributed by atoms with Gasteiger partial charge < -0.3 is 15.5 Å². The van der Waals surface area contributed by atoms with Crippen molar-refractivity contribution in [2.24, 2.45) is 11.3 Å². The summed E-state index contributed by atoms with van der Waals surface area (Å²) in [6.45, 7) is 11.2. The zero-order chi connectivity index (χ0) is 32.6. The van der Waals surface area contributed by atoms with Crippen molar-refractivity contribution in [3.05, 3.63) is 41.7 Å². The molecule has 234 valence electrons. The number of fused-ring (bicyclic) bond motifs is 1. The molecule has 0 saturated carbocycles. The molecule has 1 aromatic heterocycles. The number of likely N-dealkylation sites (tertiary alicyclic amines) is 1. The highest BCUT2D eigenvalue weighted by molar-refractivity contribution is 5.91. The van der Waals surface area contributed by atoms with E-state index in [1.165, 1.54) is 0 Å². The number of nitriles is 1. The van der Waals surface area contributed by atoms with Gasteiger partial charge in [0.25, 0.3) is 0 Å². The SMILES string of the molecule is C#Cc1cccc2cncc(C(C#N)NC=O)c12.CC(C)C.CCCC1(CCC)CCN(C(=O)CNC(=O)C(F)(F)F)C1. The Morgan fingerprint density at radius 3 is 2.33 bits per heavy atom. The Kier molecular flexibility index (Phi) is 15.2. The molecular formula is C32H42F3N5O3. The average molecular weight is 602 g/mol. The summed E-state index contributed by atoms with van der Waals surface area (Å²) in [5.74, 6) is 0.902. The van der Waals surface area contributed by atoms with Crippen LogP contribution < -0.4 is 10.6 Å². The quantitative estimate of drug-likeness (QED) is 0.284. The maximum atomic E-state index is 12.1. The molecule has 3 amide bonds. The highest BCUT2D eigenvalue weighted by Crippen LogP contribution is 2.39. The zero-order valence-corrected chi connectivity index (χ0v) is 25.6. The lowest BCUT2D eigenvalue weighted by atomic mass is 9.79. The average Bonchev–Trinajstić information content (AvgIpc) is 3.37. The standard InChI is InChI=1S/C14H23F3N2O2.C14H9N3O.C4H10/c1-3-5-13(6-4-2)7-8-19(10-13)11(20)9-18-12(21)14(15,16)17;1-2-10-4-3-5-11-7-16-8-12(14(10)11)13(6-15)17-9-18;1-4(2)3/h3-10H2,1-2H3,(H,18,21);1,3-5,7-9,13H,(H,17,18);4H,1-3H3. The number of rotatable bonds is 9. The molecule has 1 saturated heterocycles. The number of alkyl halides is 3. The predicted molar refractivity (Wildman–Crippen MR) is 160 cm³/mol. The van der Waals surface area contributed by atoms with Gasteiger partial charge in [0.15, 0.2) is 0 Å². The van der Waals surface area contributed by atoms with E-state index < -0.39 is 30.6 Å². The second-order valence-corrected chi connectivity index (χ2v) is 11.1. The molecule has 1 unspecified atom stereocenters. The van der Waals surface area contributed by atoms with Gasteiger partial charge in [-0.1, -0.05) is 65.5 Å². The molecule has 2 aromatic rings. The number of aromatic nitrogens is 1. The fraction of sp³-hybridized carbons (Fsp3) is 0.531. The van der Waals surface area contributed by atoms with Gasteiger partial charge >= 0.3 is 12.1 Å². The van der Waals surface area contributed by atoms with Gasteiger partial charge in [0.05, 0.1) is 12.6 Å². The van der Waals surface area contributed by atoms with Crippen molar-refractivity contribution in [1.82, 2.24) is 20.5 Å². The Labute approximate surface area is 252 Å². The number of nitrogens with one attached hydrogen (secondary N) is 2. The smallest absolute Gasteiger partial charge is 0.341 e. The fourth-order valence-corrected chi connectivity index (χ4v) is 4.98. The van der Waals surface area contributed by atoms with Gasteiger partial charge in [0.1, 0.15) is 6.04 Å². The molecule has 0 radical (unpaired) electrons. The lowest BCUT2D eigenvalue weighted by Crippen LogP contribution is -2.44. The van der Waals surface area contributed by atoms with Gasteiger partial charge in [0.2, 0.25) is 12.3 Å². The van der Waals surface area contributed by atoms with E-state index >= 15 is 0 Å². The summed E-state index contributed by atoms with van der Waals surface area (Å²) in [7, 11) is 0. The lowest BCUT2D eigenvalue weighted by Gasteiger charge is -2.28. The van der Waals surface area contributed by atoms with Crippen molar-refractivity contribution in [3.63, 3.8) is 0 Å². The molecule has 43 heavy (non-hydrogen) atoms. The van der Waals surface area contributed by atoms with Crippen molar-refractivity contribution in [2.45, 2.75) is 78.9 Å². The molecule has 1 aromatic carbocycles. The molecule has 3 rings (SSSR count). The fourth-order valence-electron chi connectivity index (χ4n) is 4.98. The molecule has 8 nitrogen and oxygen atoms in total. The number of pyridine rings is 1. The molecule has 1 atom stereocenters. The molecule has 0 bridgehead atoms. The van der Waals surface area contributed by atoms with Crippen LogP contribution in [0.25, 0.3) is 10.8 Å². The van der Waals surface area contributed by atoms with Gasteiger partial charge in [-0.3, -0.25) is 19.4 Å². The number of hydrogen-bond acceptors (Lipinski definition) is 5. The third-order valence-corrected chi connectivity index (χ3v) is 6.65. The van der Waals surface area contributed by atoms with Crippen LogP contribution in [0, 0.1) is 35.0 Å². The van der Waals surface area contributed by atoms with E-state index in [1.54, 1.807) is 28.7 Å². The third kappa shape index (κ3) is 11.6. The molecule has 1 aliphatic rings. The summed E-state index contributed by atoms with van der Waals surface area (Å²) in [6.07, 6.45) is 9.18. The second-order valence-electron chi connectivity index (χ2n) is 11.1. The molecular weight excluding hydrogens is 559 g/mol. The summed E-state index contributed by atoms with van der Waals surface area (Å²) in [6, 6.07) is 6.74. The van der Waals surface area contributed by atoms with E-state index in [9.17, 15) is 27.6 Å². The van der Waals surface area contributed by atoms with Gasteiger partial charge in [-0.05, 0) is 36.7 Å². The number of benzene rings is 1. The largest absolute Gasteiger partial charge is 0.471 e. The number of amides is 3. The van der Waals surface area contributed by atoms with E-state index in [1.807, 2.05) is 18.2 Å². The number of carbonyl (C=O) groups excluding carboxylic acids is 3. The number of hydrogen-bond donors (Lipinski definition) is 2. The molecule has 0 spiro atoms. The molecule has 0 aliphatic carbocycles. The van der Waals surface area contributed by atoms with Crippen LogP contribution in [0.15, 0.2) is 30.6 Å². The Morgan fingerprint density at radius 1 is 1.19 bits per heavy atom. The first kappa shape index (κ1) is 36.9. The number of nitrogens with zero attached hydrogens (tertiary/aromatic N) is 3. The van der Waals surface area contributed by atoms with Gasteiger partial charge in [-0.25, -0.2) is 0 Å². The summed E-state index contributed by atoms with van der Waals surface area (Å²) in [4.78, 5) is 38.8. The van der Waals surface area contributed by atoms with Crippen LogP contribution in [0.4, 0.5) is 13.2 Å². The van der Waals surface area contributed by atoms with Crippen LogP contribution in [-0.2, 0) is 14.4 Å². The van der Waals surface area contributed by atoms with Crippen LogP contribution in [0.5, 0.6) is 0 Å². The summed E-state index contributed by atoms with van der Waals surface area (Å²) >= 11 is 0. The van der Waals surface area contributed by atoms with Crippen LogP contribution in [0.1, 0.15) is 83.9 Å².